The lowest BCUT2D eigenvalue weighted by Gasteiger charge is -2.04. The second-order valence-electron chi connectivity index (χ2n) is 5.33. The van der Waals surface area contributed by atoms with Crippen molar-refractivity contribution in [3.8, 4) is 23.1 Å². The first-order chi connectivity index (χ1) is 12.1. The number of rotatable bonds is 4. The molecule has 0 atom stereocenters. The SMILES string of the molecule is CNc1nc(-c2c(-n3ccnc3)c3nc(OC)c(Cl)cc3n2C)n[nH]1. The maximum absolute atomic E-state index is 6.27. The highest BCUT2D eigenvalue weighted by Crippen LogP contribution is 2.37. The van der Waals surface area contributed by atoms with Gasteiger partial charge in [0.2, 0.25) is 17.7 Å². The van der Waals surface area contributed by atoms with E-state index in [9.17, 15) is 0 Å². The predicted octanol–water partition coefficient (Wildman–Crippen LogP) is 2.25. The Morgan fingerprint density at radius 2 is 2.16 bits per heavy atom. The molecule has 4 heterocycles. The fourth-order valence-electron chi connectivity index (χ4n) is 2.80. The highest BCUT2D eigenvalue weighted by atomic mass is 35.5. The molecule has 4 aromatic heterocycles. The van der Waals surface area contributed by atoms with E-state index in [1.54, 1.807) is 19.6 Å². The van der Waals surface area contributed by atoms with Crippen molar-refractivity contribution in [2.24, 2.45) is 7.05 Å². The molecule has 0 unspecified atom stereocenters. The molecular formula is C15H15ClN8O. The van der Waals surface area contributed by atoms with Crippen LogP contribution in [0.25, 0.3) is 28.2 Å². The van der Waals surface area contributed by atoms with Crippen LogP contribution in [-0.2, 0) is 7.05 Å². The van der Waals surface area contributed by atoms with Crippen molar-refractivity contribution in [1.29, 1.82) is 0 Å². The van der Waals surface area contributed by atoms with Crippen LogP contribution in [-0.4, -0.2) is 48.4 Å². The third kappa shape index (κ3) is 2.31. The second kappa shape index (κ2) is 5.78. The molecule has 0 aliphatic rings. The summed E-state index contributed by atoms with van der Waals surface area (Å²) in [5, 5.41) is 10.5. The number of hydrogen-bond acceptors (Lipinski definition) is 6. The second-order valence-corrected chi connectivity index (χ2v) is 5.74. The van der Waals surface area contributed by atoms with Crippen LogP contribution in [0.2, 0.25) is 5.02 Å². The summed E-state index contributed by atoms with van der Waals surface area (Å²) in [6, 6.07) is 1.82. The van der Waals surface area contributed by atoms with E-state index in [4.69, 9.17) is 16.3 Å². The summed E-state index contributed by atoms with van der Waals surface area (Å²) in [6.07, 6.45) is 5.24. The van der Waals surface area contributed by atoms with Gasteiger partial charge in [0.15, 0.2) is 0 Å². The van der Waals surface area contributed by atoms with E-state index in [2.05, 4.69) is 30.5 Å². The molecule has 0 spiro atoms. The van der Waals surface area contributed by atoms with Crippen LogP contribution < -0.4 is 10.1 Å². The van der Waals surface area contributed by atoms with E-state index >= 15 is 0 Å². The number of anilines is 1. The number of ether oxygens (including phenoxy) is 1. The normalized spacial score (nSPS) is 11.2. The Morgan fingerprint density at radius 1 is 1.32 bits per heavy atom. The van der Waals surface area contributed by atoms with Crippen molar-refractivity contribution in [1.82, 2.24) is 34.3 Å². The smallest absolute Gasteiger partial charge is 0.233 e. The molecular weight excluding hydrogens is 344 g/mol. The average Bonchev–Trinajstić information content (AvgIpc) is 3.34. The quantitative estimate of drug-likeness (QED) is 0.580. The van der Waals surface area contributed by atoms with Gasteiger partial charge in [-0.05, 0) is 6.07 Å². The maximum atomic E-state index is 6.27. The molecule has 9 nitrogen and oxygen atoms in total. The fourth-order valence-corrected chi connectivity index (χ4v) is 3.02. The number of aryl methyl sites for hydroxylation is 1. The third-order valence-electron chi connectivity index (χ3n) is 3.96. The molecule has 0 saturated carbocycles. The largest absolute Gasteiger partial charge is 0.480 e. The molecule has 0 aromatic carbocycles. The summed E-state index contributed by atoms with van der Waals surface area (Å²) < 4.78 is 9.10. The van der Waals surface area contributed by atoms with Crippen LogP contribution >= 0.6 is 11.6 Å². The van der Waals surface area contributed by atoms with Crippen LogP contribution in [0.15, 0.2) is 24.8 Å². The van der Waals surface area contributed by atoms with E-state index in [-0.39, 0.29) is 0 Å². The van der Waals surface area contributed by atoms with Crippen LogP contribution in [0.5, 0.6) is 5.88 Å². The van der Waals surface area contributed by atoms with Crippen molar-refractivity contribution in [2.45, 2.75) is 0 Å². The molecule has 128 valence electrons. The number of H-pyrrole nitrogens is 1. The Bertz CT molecular complexity index is 1050. The number of pyridine rings is 1. The summed E-state index contributed by atoms with van der Waals surface area (Å²) in [4.78, 5) is 13.2. The van der Waals surface area contributed by atoms with E-state index in [1.807, 2.05) is 28.4 Å². The molecule has 4 aromatic rings. The average molecular weight is 359 g/mol. The first-order valence-electron chi connectivity index (χ1n) is 7.45. The molecule has 0 fully saturated rings. The van der Waals surface area contributed by atoms with Crippen LogP contribution in [0, 0.1) is 0 Å². The van der Waals surface area contributed by atoms with Crippen LogP contribution in [0.1, 0.15) is 0 Å². The number of imidazole rings is 1. The van der Waals surface area contributed by atoms with Crippen LogP contribution in [0.3, 0.4) is 0 Å². The summed E-state index contributed by atoms with van der Waals surface area (Å²) in [5.74, 6) is 1.46. The lowest BCUT2D eigenvalue weighted by molar-refractivity contribution is 0.400. The van der Waals surface area contributed by atoms with Gasteiger partial charge in [0.05, 0.1) is 19.0 Å². The van der Waals surface area contributed by atoms with Gasteiger partial charge in [0, 0.05) is 26.5 Å². The Hall–Kier alpha value is -3.07. The molecule has 0 saturated heterocycles. The van der Waals surface area contributed by atoms with Gasteiger partial charge < -0.3 is 19.2 Å². The zero-order valence-corrected chi connectivity index (χ0v) is 14.5. The number of aromatic nitrogens is 7. The van der Waals surface area contributed by atoms with Crippen molar-refractivity contribution >= 4 is 28.6 Å². The van der Waals surface area contributed by atoms with Gasteiger partial charge in [-0.25, -0.2) is 15.1 Å². The molecule has 0 aliphatic heterocycles. The molecule has 0 bridgehead atoms. The minimum atomic E-state index is 0.360. The van der Waals surface area contributed by atoms with Crippen molar-refractivity contribution in [3.05, 3.63) is 29.8 Å². The number of hydrogen-bond donors (Lipinski definition) is 2. The van der Waals surface area contributed by atoms with Gasteiger partial charge in [-0.1, -0.05) is 11.6 Å². The monoisotopic (exact) mass is 358 g/mol. The molecule has 25 heavy (non-hydrogen) atoms. The van der Waals surface area contributed by atoms with E-state index in [0.717, 1.165) is 16.9 Å². The highest BCUT2D eigenvalue weighted by molar-refractivity contribution is 6.32. The van der Waals surface area contributed by atoms with Gasteiger partial charge in [0.1, 0.15) is 21.9 Å². The van der Waals surface area contributed by atoms with Crippen LogP contribution in [0.4, 0.5) is 5.95 Å². The van der Waals surface area contributed by atoms with Gasteiger partial charge >= 0.3 is 0 Å². The predicted molar refractivity (Wildman–Crippen MR) is 94.3 cm³/mol. The first-order valence-corrected chi connectivity index (χ1v) is 7.83. The van der Waals surface area contributed by atoms with E-state index in [1.165, 1.54) is 7.11 Å². The van der Waals surface area contributed by atoms with Crippen molar-refractivity contribution in [2.75, 3.05) is 19.5 Å². The van der Waals surface area contributed by atoms with Crippen molar-refractivity contribution < 1.29 is 4.74 Å². The third-order valence-corrected chi connectivity index (χ3v) is 4.23. The summed E-state index contributed by atoms with van der Waals surface area (Å²) in [6.45, 7) is 0. The Labute approximate surface area is 147 Å². The number of nitrogens with one attached hydrogen (secondary N) is 2. The molecule has 0 aliphatic carbocycles. The summed E-state index contributed by atoms with van der Waals surface area (Å²) in [5.41, 5.74) is 3.13. The number of halogens is 1. The standard InChI is InChI=1S/C15H15ClN8O/c1-17-15-20-13(21-22-15)12-11(24-5-4-18-7-24)10-9(23(12)2)6-8(16)14(19-10)25-3/h4-7H,1-3H3,(H2,17,20,21,22). The topological polar surface area (TPSA) is 98.5 Å². The van der Waals surface area contributed by atoms with E-state index < -0.39 is 0 Å². The minimum Gasteiger partial charge on any atom is -0.480 e. The lowest BCUT2D eigenvalue weighted by Crippen LogP contribution is -1.98. The number of nitrogens with zero attached hydrogens (tertiary/aromatic N) is 6. The number of aromatic amines is 1. The van der Waals surface area contributed by atoms with E-state index in [0.29, 0.717) is 28.2 Å². The first kappa shape index (κ1) is 15.5. The van der Waals surface area contributed by atoms with Gasteiger partial charge in [-0.15, -0.1) is 0 Å². The Kier molecular flexibility index (Phi) is 3.57. The molecule has 0 amide bonds. The number of methoxy groups -OCH3 is 1. The number of fused-ring (bicyclic) bond motifs is 1. The summed E-state index contributed by atoms with van der Waals surface area (Å²) >= 11 is 6.27. The Morgan fingerprint density at radius 3 is 2.80 bits per heavy atom. The molecule has 0 radical (unpaired) electrons. The maximum Gasteiger partial charge on any atom is 0.233 e. The van der Waals surface area contributed by atoms with Gasteiger partial charge in [-0.3, -0.25) is 0 Å². The fraction of sp³-hybridized carbons (Fsp3) is 0.200. The summed E-state index contributed by atoms with van der Waals surface area (Å²) in [7, 11) is 5.22. The van der Waals surface area contributed by atoms with Gasteiger partial charge in [0.25, 0.3) is 0 Å². The minimum absolute atomic E-state index is 0.360. The Balaban J connectivity index is 2.10. The lowest BCUT2D eigenvalue weighted by atomic mass is 10.3. The van der Waals surface area contributed by atoms with Gasteiger partial charge in [-0.2, -0.15) is 10.1 Å². The zero-order chi connectivity index (χ0) is 17.6. The molecule has 2 N–H and O–H groups in total. The molecule has 10 heteroatoms. The zero-order valence-electron chi connectivity index (χ0n) is 13.8. The molecule has 4 rings (SSSR count). The van der Waals surface area contributed by atoms with Crippen molar-refractivity contribution in [3.63, 3.8) is 0 Å². The highest BCUT2D eigenvalue weighted by Gasteiger charge is 2.24.